The van der Waals surface area contributed by atoms with Crippen LogP contribution in [0.5, 0.6) is 0 Å². The lowest BCUT2D eigenvalue weighted by Gasteiger charge is -2.20. The van der Waals surface area contributed by atoms with Crippen molar-refractivity contribution in [3.8, 4) is 22.4 Å². The van der Waals surface area contributed by atoms with Gasteiger partial charge in [-0.25, -0.2) is 0 Å². The van der Waals surface area contributed by atoms with E-state index in [2.05, 4.69) is 125 Å². The molecule has 0 saturated carbocycles. The van der Waals surface area contributed by atoms with Gasteiger partial charge in [-0.15, -0.1) is 0 Å². The Bertz CT molecular complexity index is 1750. The smallest absolute Gasteiger partial charge is 0.136 e. The van der Waals surface area contributed by atoms with E-state index >= 15 is 0 Å². The third kappa shape index (κ3) is 4.99. The number of fused-ring (bicyclic) bond motifs is 3. The Morgan fingerprint density at radius 3 is 2.24 bits per heavy atom. The molecule has 0 aliphatic heterocycles. The zero-order valence-corrected chi connectivity index (χ0v) is 22.6. The van der Waals surface area contributed by atoms with Gasteiger partial charge in [0.05, 0.1) is 5.69 Å². The highest BCUT2D eigenvalue weighted by molar-refractivity contribution is 6.07. The third-order valence-electron chi connectivity index (χ3n) is 7.21. The van der Waals surface area contributed by atoms with E-state index in [0.717, 1.165) is 46.0 Å². The summed E-state index contributed by atoms with van der Waals surface area (Å²) < 4.78 is 6.32. The summed E-state index contributed by atoms with van der Waals surface area (Å²) >= 11 is 0. The fourth-order valence-corrected chi connectivity index (χ4v) is 5.29. The minimum atomic E-state index is 0.229. The molecule has 0 aliphatic rings. The first-order chi connectivity index (χ1) is 18.3. The number of hydrogen-bond acceptors (Lipinski definition) is 2. The summed E-state index contributed by atoms with van der Waals surface area (Å²) in [5.74, 6) is 0. The summed E-state index contributed by atoms with van der Waals surface area (Å²) in [5.41, 5.74) is 11.8. The molecule has 0 fully saturated rings. The molecule has 2 heterocycles. The first kappa shape index (κ1) is 24.2. The van der Waals surface area contributed by atoms with E-state index in [1.54, 1.807) is 0 Å². The molecule has 0 aliphatic carbocycles. The van der Waals surface area contributed by atoms with Gasteiger partial charge in [0.2, 0.25) is 0 Å². The van der Waals surface area contributed by atoms with Crippen LogP contribution in [0.25, 0.3) is 44.3 Å². The molecule has 2 aromatic heterocycles. The van der Waals surface area contributed by atoms with Crippen LogP contribution < -0.4 is 0 Å². The Kier molecular flexibility index (Phi) is 6.12. The largest absolute Gasteiger partial charge is 0.456 e. The summed E-state index contributed by atoms with van der Waals surface area (Å²) in [5, 5.41) is 2.26. The van der Waals surface area contributed by atoms with Crippen LogP contribution in [0.4, 0.5) is 0 Å². The Balaban J connectivity index is 1.34. The lowest BCUT2D eigenvalue weighted by atomic mass is 9.86. The summed E-state index contributed by atoms with van der Waals surface area (Å²) in [7, 11) is 0. The van der Waals surface area contributed by atoms with Crippen molar-refractivity contribution in [2.45, 2.75) is 40.5 Å². The van der Waals surface area contributed by atoms with Crippen molar-refractivity contribution in [1.82, 2.24) is 4.98 Å². The van der Waals surface area contributed by atoms with Crippen LogP contribution in [0.15, 0.2) is 108 Å². The van der Waals surface area contributed by atoms with E-state index in [9.17, 15) is 0 Å². The van der Waals surface area contributed by atoms with Crippen LogP contribution in [0.2, 0.25) is 0 Å². The monoisotopic (exact) mass is 495 g/mol. The van der Waals surface area contributed by atoms with Crippen molar-refractivity contribution in [3.63, 3.8) is 0 Å². The number of rotatable bonds is 5. The summed E-state index contributed by atoms with van der Waals surface area (Å²) in [6.07, 6.45) is 3.96. The molecule has 6 aromatic rings. The molecule has 0 bridgehead atoms. The van der Waals surface area contributed by atoms with E-state index in [0.29, 0.717) is 0 Å². The average molecular weight is 496 g/mol. The molecule has 0 radical (unpaired) electrons. The molecule has 2 nitrogen and oxygen atoms in total. The fourth-order valence-electron chi connectivity index (χ4n) is 5.29. The Morgan fingerprint density at radius 1 is 0.658 bits per heavy atom. The van der Waals surface area contributed by atoms with Crippen molar-refractivity contribution in [2.24, 2.45) is 5.41 Å². The van der Waals surface area contributed by atoms with Crippen molar-refractivity contribution in [2.75, 3.05) is 0 Å². The standard InChI is InChI=1S/C36H33NO/c1-24-23-37-33(20-30(24)22-36(2,3)4)29-14-16-34-32(19-29)31-15-13-28(21-35(31)38-34)27-12-8-11-26(18-27)17-25-9-6-5-7-10-25/h5-16,18-21,23H,17,22H2,1-4H3. The Hall–Kier alpha value is -4.17. The minimum absolute atomic E-state index is 0.229. The molecule has 0 spiro atoms. The normalized spacial score (nSPS) is 11.9. The van der Waals surface area contributed by atoms with Gasteiger partial charge in [-0.05, 0) is 95.0 Å². The highest BCUT2D eigenvalue weighted by Crippen LogP contribution is 2.35. The van der Waals surface area contributed by atoms with Gasteiger partial charge in [0.25, 0.3) is 0 Å². The second-order valence-corrected chi connectivity index (χ2v) is 11.6. The predicted octanol–water partition coefficient (Wildman–Crippen LogP) is 9.80. The van der Waals surface area contributed by atoms with Crippen LogP contribution in [0.3, 0.4) is 0 Å². The summed E-state index contributed by atoms with van der Waals surface area (Å²) in [6.45, 7) is 9.00. The maximum Gasteiger partial charge on any atom is 0.136 e. The van der Waals surface area contributed by atoms with E-state index in [1.165, 1.54) is 33.4 Å². The Labute approximate surface area is 225 Å². The van der Waals surface area contributed by atoms with E-state index < -0.39 is 0 Å². The van der Waals surface area contributed by atoms with Crippen LogP contribution in [-0.4, -0.2) is 4.98 Å². The summed E-state index contributed by atoms with van der Waals surface area (Å²) in [6, 6.07) is 34.7. The highest BCUT2D eigenvalue weighted by atomic mass is 16.3. The third-order valence-corrected chi connectivity index (χ3v) is 7.21. The molecule has 188 valence electrons. The number of aryl methyl sites for hydroxylation is 1. The highest BCUT2D eigenvalue weighted by Gasteiger charge is 2.15. The molecule has 0 unspecified atom stereocenters. The van der Waals surface area contributed by atoms with E-state index in [4.69, 9.17) is 9.40 Å². The molecular weight excluding hydrogens is 462 g/mol. The zero-order chi connectivity index (χ0) is 26.3. The number of benzene rings is 4. The fraction of sp³-hybridized carbons (Fsp3) is 0.194. The molecule has 0 N–H and O–H groups in total. The van der Waals surface area contributed by atoms with Crippen molar-refractivity contribution in [3.05, 3.63) is 126 Å². The molecule has 0 saturated heterocycles. The van der Waals surface area contributed by atoms with Crippen molar-refractivity contribution < 1.29 is 4.42 Å². The van der Waals surface area contributed by atoms with Gasteiger partial charge in [0.15, 0.2) is 0 Å². The van der Waals surface area contributed by atoms with Crippen LogP contribution >= 0.6 is 0 Å². The van der Waals surface area contributed by atoms with Crippen LogP contribution in [0.1, 0.15) is 43.0 Å². The molecule has 0 atom stereocenters. The molecule has 2 heteroatoms. The van der Waals surface area contributed by atoms with Gasteiger partial charge < -0.3 is 4.42 Å². The average Bonchev–Trinajstić information content (AvgIpc) is 3.27. The first-order valence-electron chi connectivity index (χ1n) is 13.4. The van der Waals surface area contributed by atoms with Gasteiger partial charge in [-0.2, -0.15) is 0 Å². The molecule has 0 amide bonds. The Morgan fingerprint density at radius 2 is 1.42 bits per heavy atom. The maximum absolute atomic E-state index is 6.32. The number of furan rings is 1. The maximum atomic E-state index is 6.32. The predicted molar refractivity (Wildman–Crippen MR) is 160 cm³/mol. The molecule has 38 heavy (non-hydrogen) atoms. The number of nitrogens with zero attached hydrogens (tertiary/aromatic N) is 1. The van der Waals surface area contributed by atoms with Crippen LogP contribution in [0, 0.1) is 12.3 Å². The quantitative estimate of drug-likeness (QED) is 0.238. The first-order valence-corrected chi connectivity index (χ1v) is 13.4. The minimum Gasteiger partial charge on any atom is -0.456 e. The number of aromatic nitrogens is 1. The van der Waals surface area contributed by atoms with Gasteiger partial charge in [-0.3, -0.25) is 4.98 Å². The van der Waals surface area contributed by atoms with Gasteiger partial charge in [0.1, 0.15) is 11.2 Å². The van der Waals surface area contributed by atoms with E-state index in [1.807, 2.05) is 6.20 Å². The second kappa shape index (κ2) is 9.61. The van der Waals surface area contributed by atoms with Gasteiger partial charge >= 0.3 is 0 Å². The van der Waals surface area contributed by atoms with Gasteiger partial charge in [-0.1, -0.05) is 81.4 Å². The second-order valence-electron chi connectivity index (χ2n) is 11.6. The van der Waals surface area contributed by atoms with E-state index in [-0.39, 0.29) is 5.41 Å². The lowest BCUT2D eigenvalue weighted by molar-refractivity contribution is 0.410. The SMILES string of the molecule is Cc1cnc(-c2ccc3oc4cc(-c5cccc(Cc6ccccc6)c5)ccc4c3c2)cc1CC(C)(C)C. The topological polar surface area (TPSA) is 26.0 Å². The lowest BCUT2D eigenvalue weighted by Crippen LogP contribution is -2.10. The molecule has 6 rings (SSSR count). The molecular formula is C36H33NO. The number of hydrogen-bond donors (Lipinski definition) is 0. The van der Waals surface area contributed by atoms with Crippen molar-refractivity contribution in [1.29, 1.82) is 0 Å². The van der Waals surface area contributed by atoms with Crippen LogP contribution in [-0.2, 0) is 12.8 Å². The van der Waals surface area contributed by atoms with Crippen molar-refractivity contribution >= 4 is 21.9 Å². The summed E-state index contributed by atoms with van der Waals surface area (Å²) in [4.78, 5) is 4.77. The number of pyridine rings is 1. The molecule has 4 aromatic carbocycles. The zero-order valence-electron chi connectivity index (χ0n) is 22.6. The van der Waals surface area contributed by atoms with Gasteiger partial charge in [0, 0.05) is 22.5 Å².